The van der Waals surface area contributed by atoms with Gasteiger partial charge in [0.15, 0.2) is 0 Å². The fraction of sp³-hybridized carbons (Fsp3) is 0.0476. The van der Waals surface area contributed by atoms with Crippen molar-refractivity contribution in [1.29, 1.82) is 0 Å². The first kappa shape index (κ1) is 16.7. The summed E-state index contributed by atoms with van der Waals surface area (Å²) in [6, 6.07) is 19.9. The number of nitrogens with two attached hydrogens (primary N) is 1. The minimum Gasteiger partial charge on any atom is -0.366 e. The van der Waals surface area contributed by atoms with Crippen LogP contribution in [-0.2, 0) is 6.54 Å². The Morgan fingerprint density at radius 2 is 1.70 bits per heavy atom. The van der Waals surface area contributed by atoms with Crippen LogP contribution in [0.3, 0.4) is 0 Å². The third kappa shape index (κ3) is 3.20. The maximum absolute atomic E-state index is 12.9. The number of hydrogen-bond acceptors (Lipinski definition) is 4. The summed E-state index contributed by atoms with van der Waals surface area (Å²) in [5, 5.41) is 5.06. The van der Waals surface area contributed by atoms with Gasteiger partial charge in [0, 0.05) is 17.3 Å². The summed E-state index contributed by atoms with van der Waals surface area (Å²) in [7, 11) is 0. The van der Waals surface area contributed by atoms with E-state index >= 15 is 0 Å². The molecule has 0 fully saturated rings. The molecule has 0 unspecified atom stereocenters. The van der Waals surface area contributed by atoms with Gasteiger partial charge in [-0.2, -0.15) is 5.10 Å². The molecular weight excluding hydrogens is 340 g/mol. The van der Waals surface area contributed by atoms with Gasteiger partial charge in [0.2, 0.25) is 5.91 Å². The zero-order chi connectivity index (χ0) is 18.8. The molecule has 2 aromatic carbocycles. The van der Waals surface area contributed by atoms with Gasteiger partial charge in [-0.1, -0.05) is 42.5 Å². The number of carbonyl (C=O) groups excluding carboxylic acids is 1. The van der Waals surface area contributed by atoms with Crippen molar-refractivity contribution in [2.75, 3.05) is 0 Å². The number of rotatable bonds is 4. The van der Waals surface area contributed by atoms with E-state index in [2.05, 4.69) is 10.1 Å². The van der Waals surface area contributed by atoms with Gasteiger partial charge in [0.05, 0.1) is 11.9 Å². The summed E-state index contributed by atoms with van der Waals surface area (Å²) >= 11 is 0. The monoisotopic (exact) mass is 356 g/mol. The van der Waals surface area contributed by atoms with E-state index in [-0.39, 0.29) is 5.56 Å². The zero-order valence-electron chi connectivity index (χ0n) is 14.4. The molecule has 0 atom stereocenters. The number of benzene rings is 2. The second-order valence-electron chi connectivity index (χ2n) is 6.14. The number of aromatic nitrogens is 3. The predicted molar refractivity (Wildman–Crippen MR) is 103 cm³/mol. The molecule has 0 saturated carbocycles. The molecule has 0 spiro atoms. The van der Waals surface area contributed by atoms with Gasteiger partial charge in [0.25, 0.3) is 5.56 Å². The van der Waals surface area contributed by atoms with Crippen LogP contribution in [0.4, 0.5) is 0 Å². The minimum atomic E-state index is -0.494. The third-order valence-corrected chi connectivity index (χ3v) is 4.34. The molecule has 2 heterocycles. The summed E-state index contributed by atoms with van der Waals surface area (Å²) in [5.41, 5.74) is 8.37. The van der Waals surface area contributed by atoms with Gasteiger partial charge in [-0.05, 0) is 29.8 Å². The first-order valence-corrected chi connectivity index (χ1v) is 8.43. The van der Waals surface area contributed by atoms with Gasteiger partial charge in [-0.3, -0.25) is 14.6 Å². The Morgan fingerprint density at radius 3 is 2.41 bits per heavy atom. The Hall–Kier alpha value is -3.80. The van der Waals surface area contributed by atoms with Gasteiger partial charge < -0.3 is 5.73 Å². The number of carbonyl (C=O) groups is 1. The van der Waals surface area contributed by atoms with Crippen LogP contribution in [0.1, 0.15) is 15.9 Å². The highest BCUT2D eigenvalue weighted by molar-refractivity contribution is 5.94. The Bertz CT molecular complexity index is 1180. The molecule has 0 aliphatic rings. The first-order chi connectivity index (χ1) is 13.1. The fourth-order valence-corrected chi connectivity index (χ4v) is 2.97. The van der Waals surface area contributed by atoms with Crippen LogP contribution in [0.25, 0.3) is 22.2 Å². The lowest BCUT2D eigenvalue weighted by atomic mass is 10.1. The van der Waals surface area contributed by atoms with E-state index in [0.717, 1.165) is 11.1 Å². The van der Waals surface area contributed by atoms with Crippen molar-refractivity contribution < 1.29 is 4.79 Å². The topological polar surface area (TPSA) is 90.9 Å². The lowest BCUT2D eigenvalue weighted by molar-refractivity contribution is 0.100. The van der Waals surface area contributed by atoms with E-state index in [9.17, 15) is 9.59 Å². The molecular formula is C21H16N4O2. The average molecular weight is 356 g/mol. The lowest BCUT2D eigenvalue weighted by Crippen LogP contribution is -2.24. The molecule has 0 saturated heterocycles. The highest BCUT2D eigenvalue weighted by Crippen LogP contribution is 2.23. The molecule has 0 aliphatic carbocycles. The highest BCUT2D eigenvalue weighted by atomic mass is 16.1. The first-order valence-electron chi connectivity index (χ1n) is 8.43. The largest absolute Gasteiger partial charge is 0.366 e. The van der Waals surface area contributed by atoms with Crippen LogP contribution in [0.5, 0.6) is 0 Å². The molecule has 27 heavy (non-hydrogen) atoms. The van der Waals surface area contributed by atoms with Crippen LogP contribution >= 0.6 is 0 Å². The Labute approximate surface area is 154 Å². The molecule has 132 valence electrons. The molecule has 6 nitrogen and oxygen atoms in total. The minimum absolute atomic E-state index is 0.195. The van der Waals surface area contributed by atoms with Crippen molar-refractivity contribution in [3.05, 3.63) is 94.4 Å². The van der Waals surface area contributed by atoms with E-state index in [4.69, 9.17) is 5.73 Å². The predicted octanol–water partition coefficient (Wildman–Crippen LogP) is 2.61. The van der Waals surface area contributed by atoms with Crippen molar-refractivity contribution in [1.82, 2.24) is 14.8 Å². The van der Waals surface area contributed by atoms with Gasteiger partial charge in [0.1, 0.15) is 11.2 Å². The molecule has 4 aromatic rings. The zero-order valence-corrected chi connectivity index (χ0v) is 14.4. The SMILES string of the molecule is NC(=O)c1ccc(-c2nn(Cc3ccccc3)c(=O)c3cccnc23)cc1. The van der Waals surface area contributed by atoms with E-state index < -0.39 is 5.91 Å². The molecule has 2 N–H and O–H groups in total. The molecule has 4 rings (SSSR count). The summed E-state index contributed by atoms with van der Waals surface area (Å²) in [5.74, 6) is -0.494. The molecule has 1 amide bonds. The number of pyridine rings is 1. The van der Waals surface area contributed by atoms with Crippen molar-refractivity contribution in [2.24, 2.45) is 5.73 Å². The van der Waals surface area contributed by atoms with E-state index in [1.807, 2.05) is 30.3 Å². The maximum Gasteiger partial charge on any atom is 0.276 e. The summed E-state index contributed by atoms with van der Waals surface area (Å²) in [6.45, 7) is 0.358. The highest BCUT2D eigenvalue weighted by Gasteiger charge is 2.14. The summed E-state index contributed by atoms with van der Waals surface area (Å²) in [4.78, 5) is 28.5. The van der Waals surface area contributed by atoms with Crippen LogP contribution in [0.15, 0.2) is 77.7 Å². The number of primary amides is 1. The smallest absolute Gasteiger partial charge is 0.276 e. The van der Waals surface area contributed by atoms with Crippen molar-refractivity contribution in [2.45, 2.75) is 6.54 Å². The van der Waals surface area contributed by atoms with Gasteiger partial charge in [-0.25, -0.2) is 4.68 Å². The van der Waals surface area contributed by atoms with Gasteiger partial charge in [-0.15, -0.1) is 0 Å². The Balaban J connectivity index is 1.90. The normalized spacial score (nSPS) is 10.8. The van der Waals surface area contributed by atoms with E-state index in [0.29, 0.717) is 28.7 Å². The third-order valence-electron chi connectivity index (χ3n) is 4.34. The molecule has 6 heteroatoms. The van der Waals surface area contributed by atoms with E-state index in [1.165, 1.54) is 4.68 Å². The van der Waals surface area contributed by atoms with Gasteiger partial charge >= 0.3 is 0 Å². The van der Waals surface area contributed by atoms with Crippen LogP contribution in [0, 0.1) is 0 Å². The quantitative estimate of drug-likeness (QED) is 0.608. The average Bonchev–Trinajstić information content (AvgIpc) is 2.71. The lowest BCUT2D eigenvalue weighted by Gasteiger charge is -2.11. The second-order valence-corrected chi connectivity index (χ2v) is 6.14. The standard InChI is InChI=1S/C21H16N4O2/c22-20(26)16-10-8-15(9-11-16)18-19-17(7-4-12-23-19)21(27)25(24-18)13-14-5-2-1-3-6-14/h1-12H,13H2,(H2,22,26). The number of amides is 1. The van der Waals surface area contributed by atoms with Crippen molar-refractivity contribution in [3.8, 4) is 11.3 Å². The second kappa shape index (κ2) is 6.84. The van der Waals surface area contributed by atoms with Crippen molar-refractivity contribution in [3.63, 3.8) is 0 Å². The van der Waals surface area contributed by atoms with Crippen molar-refractivity contribution >= 4 is 16.8 Å². The number of hydrogen-bond donors (Lipinski definition) is 1. The Kier molecular flexibility index (Phi) is 4.22. The van der Waals surface area contributed by atoms with Crippen LogP contribution in [-0.4, -0.2) is 20.7 Å². The van der Waals surface area contributed by atoms with E-state index in [1.54, 1.807) is 42.6 Å². The Morgan fingerprint density at radius 1 is 0.963 bits per heavy atom. The molecule has 0 bridgehead atoms. The van der Waals surface area contributed by atoms with Crippen LogP contribution in [0.2, 0.25) is 0 Å². The summed E-state index contributed by atoms with van der Waals surface area (Å²) in [6.07, 6.45) is 1.63. The number of nitrogens with zero attached hydrogens (tertiary/aromatic N) is 3. The number of fused-ring (bicyclic) bond motifs is 1. The molecule has 0 radical (unpaired) electrons. The molecule has 0 aliphatic heterocycles. The maximum atomic E-state index is 12.9. The fourth-order valence-electron chi connectivity index (χ4n) is 2.97. The molecule has 2 aromatic heterocycles. The summed E-state index contributed by atoms with van der Waals surface area (Å²) < 4.78 is 1.44. The van der Waals surface area contributed by atoms with Crippen LogP contribution < -0.4 is 11.3 Å².